The first-order valence-corrected chi connectivity index (χ1v) is 10.0. The summed E-state index contributed by atoms with van der Waals surface area (Å²) in [5.41, 5.74) is 1.64. The molecule has 1 aliphatic carbocycles. The standard InChI is InChI=1S/C20H33N5O/c1-3-20(8-6-9-20)16-24-19(21-4-2)23-15-17-7-5-10-22-18(17)25-11-13-26-14-12-25/h5,7,10H,3-4,6,8-9,11-16H2,1-2H3,(H2,21,23,24). The summed E-state index contributed by atoms with van der Waals surface area (Å²) >= 11 is 0. The summed E-state index contributed by atoms with van der Waals surface area (Å²) in [5, 5.41) is 6.95. The molecule has 1 aromatic rings. The van der Waals surface area contributed by atoms with Crippen molar-refractivity contribution in [3.63, 3.8) is 0 Å². The largest absolute Gasteiger partial charge is 0.378 e. The van der Waals surface area contributed by atoms with Crippen LogP contribution >= 0.6 is 0 Å². The fraction of sp³-hybridized carbons (Fsp3) is 0.700. The molecule has 0 unspecified atom stereocenters. The van der Waals surface area contributed by atoms with Crippen molar-refractivity contribution < 1.29 is 4.74 Å². The highest BCUT2D eigenvalue weighted by molar-refractivity contribution is 5.79. The smallest absolute Gasteiger partial charge is 0.191 e. The molecule has 2 aliphatic rings. The van der Waals surface area contributed by atoms with Gasteiger partial charge in [0, 0.05) is 37.9 Å². The molecular weight excluding hydrogens is 326 g/mol. The first kappa shape index (κ1) is 19.0. The molecule has 0 spiro atoms. The van der Waals surface area contributed by atoms with E-state index in [1.807, 2.05) is 12.3 Å². The second-order valence-electron chi connectivity index (χ2n) is 7.34. The van der Waals surface area contributed by atoms with Crippen molar-refractivity contribution in [1.82, 2.24) is 15.6 Å². The lowest BCUT2D eigenvalue weighted by atomic mass is 9.67. The van der Waals surface area contributed by atoms with Gasteiger partial charge in [0.25, 0.3) is 0 Å². The molecule has 0 bridgehead atoms. The van der Waals surface area contributed by atoms with Gasteiger partial charge in [0.15, 0.2) is 5.96 Å². The third-order valence-corrected chi connectivity index (χ3v) is 5.72. The third kappa shape index (κ3) is 4.67. The normalized spacial score (nSPS) is 19.8. The van der Waals surface area contributed by atoms with Crippen LogP contribution in [0.15, 0.2) is 23.3 Å². The highest BCUT2D eigenvalue weighted by atomic mass is 16.5. The van der Waals surface area contributed by atoms with Gasteiger partial charge in [-0.1, -0.05) is 19.4 Å². The Labute approximate surface area is 157 Å². The molecule has 2 fully saturated rings. The Morgan fingerprint density at radius 1 is 1.27 bits per heavy atom. The number of pyridine rings is 1. The van der Waals surface area contributed by atoms with E-state index in [1.54, 1.807) is 0 Å². The van der Waals surface area contributed by atoms with Crippen LogP contribution in [0.1, 0.15) is 45.1 Å². The molecule has 2 N–H and O–H groups in total. The predicted octanol–water partition coefficient (Wildman–Crippen LogP) is 2.55. The Morgan fingerprint density at radius 2 is 2.08 bits per heavy atom. The van der Waals surface area contributed by atoms with Gasteiger partial charge in [-0.05, 0) is 37.7 Å². The van der Waals surface area contributed by atoms with E-state index < -0.39 is 0 Å². The number of aromatic nitrogens is 1. The van der Waals surface area contributed by atoms with Crippen LogP contribution < -0.4 is 15.5 Å². The molecule has 0 atom stereocenters. The second-order valence-corrected chi connectivity index (χ2v) is 7.34. The average Bonchev–Trinajstić information content (AvgIpc) is 2.66. The quantitative estimate of drug-likeness (QED) is 0.579. The minimum atomic E-state index is 0.476. The van der Waals surface area contributed by atoms with Crippen LogP contribution in [0.4, 0.5) is 5.82 Å². The summed E-state index contributed by atoms with van der Waals surface area (Å²) in [6.45, 7) is 10.2. The van der Waals surface area contributed by atoms with Gasteiger partial charge in [0.1, 0.15) is 5.82 Å². The van der Waals surface area contributed by atoms with Gasteiger partial charge in [-0.15, -0.1) is 0 Å². The van der Waals surface area contributed by atoms with Gasteiger partial charge < -0.3 is 20.3 Å². The Balaban J connectivity index is 1.65. The zero-order valence-electron chi connectivity index (χ0n) is 16.3. The van der Waals surface area contributed by atoms with Gasteiger partial charge in [-0.2, -0.15) is 0 Å². The molecule has 1 saturated carbocycles. The Bertz CT molecular complexity index is 588. The lowest BCUT2D eigenvalue weighted by Gasteiger charge is -2.41. The zero-order valence-corrected chi connectivity index (χ0v) is 16.3. The van der Waals surface area contributed by atoms with Crippen molar-refractivity contribution in [3.05, 3.63) is 23.9 Å². The molecule has 0 radical (unpaired) electrons. The molecule has 26 heavy (non-hydrogen) atoms. The van der Waals surface area contributed by atoms with Crippen molar-refractivity contribution in [3.8, 4) is 0 Å². The lowest BCUT2D eigenvalue weighted by molar-refractivity contribution is 0.122. The van der Waals surface area contributed by atoms with E-state index in [2.05, 4.69) is 40.4 Å². The number of morpholine rings is 1. The van der Waals surface area contributed by atoms with Gasteiger partial charge in [-0.3, -0.25) is 0 Å². The molecule has 6 heteroatoms. The van der Waals surface area contributed by atoms with Crippen molar-refractivity contribution in [2.24, 2.45) is 10.4 Å². The summed E-state index contributed by atoms with van der Waals surface area (Å²) in [5.74, 6) is 1.95. The molecule has 144 valence electrons. The number of hydrogen-bond acceptors (Lipinski definition) is 4. The van der Waals surface area contributed by atoms with Crippen molar-refractivity contribution in [2.75, 3.05) is 44.3 Å². The average molecular weight is 360 g/mol. The molecule has 0 amide bonds. The molecule has 1 aliphatic heterocycles. The second kappa shape index (κ2) is 9.21. The van der Waals surface area contributed by atoms with Crippen molar-refractivity contribution in [1.29, 1.82) is 0 Å². The first-order chi connectivity index (χ1) is 12.8. The Hall–Kier alpha value is -1.82. The minimum Gasteiger partial charge on any atom is -0.378 e. The third-order valence-electron chi connectivity index (χ3n) is 5.72. The van der Waals surface area contributed by atoms with E-state index in [1.165, 1.54) is 31.2 Å². The molecular formula is C20H33N5O. The highest BCUT2D eigenvalue weighted by Crippen LogP contribution is 2.42. The maximum atomic E-state index is 5.46. The van der Waals surface area contributed by atoms with Crippen LogP contribution in [0, 0.1) is 5.41 Å². The molecule has 1 aromatic heterocycles. The van der Waals surface area contributed by atoms with E-state index in [0.717, 1.165) is 51.2 Å². The van der Waals surface area contributed by atoms with Crippen LogP contribution in [0.5, 0.6) is 0 Å². The number of anilines is 1. The number of guanidine groups is 1. The van der Waals surface area contributed by atoms with E-state index in [0.29, 0.717) is 12.0 Å². The topological polar surface area (TPSA) is 61.8 Å². The first-order valence-electron chi connectivity index (χ1n) is 10.0. The summed E-state index contributed by atoms with van der Waals surface area (Å²) in [6, 6.07) is 4.12. The van der Waals surface area contributed by atoms with Crippen LogP contribution in [0.3, 0.4) is 0 Å². The van der Waals surface area contributed by atoms with Gasteiger partial charge in [0.2, 0.25) is 0 Å². The SMILES string of the molecule is CCNC(=NCc1cccnc1N1CCOCC1)NCC1(CC)CCC1. The van der Waals surface area contributed by atoms with Gasteiger partial charge in [-0.25, -0.2) is 9.98 Å². The summed E-state index contributed by atoms with van der Waals surface area (Å²) < 4.78 is 5.46. The summed E-state index contributed by atoms with van der Waals surface area (Å²) in [6.07, 6.45) is 7.13. The Kier molecular flexibility index (Phi) is 6.72. The summed E-state index contributed by atoms with van der Waals surface area (Å²) in [7, 11) is 0. The molecule has 2 heterocycles. The summed E-state index contributed by atoms with van der Waals surface area (Å²) in [4.78, 5) is 11.7. The number of hydrogen-bond donors (Lipinski definition) is 2. The number of ether oxygens (including phenoxy) is 1. The number of nitrogens with zero attached hydrogens (tertiary/aromatic N) is 3. The fourth-order valence-corrected chi connectivity index (χ4v) is 3.72. The van der Waals surface area contributed by atoms with Crippen LogP contribution in [-0.4, -0.2) is 50.3 Å². The van der Waals surface area contributed by atoms with E-state index in [4.69, 9.17) is 9.73 Å². The van der Waals surface area contributed by atoms with E-state index in [-0.39, 0.29) is 0 Å². The minimum absolute atomic E-state index is 0.476. The van der Waals surface area contributed by atoms with E-state index >= 15 is 0 Å². The van der Waals surface area contributed by atoms with Crippen LogP contribution in [-0.2, 0) is 11.3 Å². The molecule has 1 saturated heterocycles. The predicted molar refractivity (Wildman–Crippen MR) is 107 cm³/mol. The number of rotatable bonds is 7. The van der Waals surface area contributed by atoms with Gasteiger partial charge >= 0.3 is 0 Å². The van der Waals surface area contributed by atoms with E-state index in [9.17, 15) is 0 Å². The van der Waals surface area contributed by atoms with Crippen molar-refractivity contribution in [2.45, 2.75) is 46.1 Å². The maximum absolute atomic E-state index is 5.46. The van der Waals surface area contributed by atoms with Gasteiger partial charge in [0.05, 0.1) is 19.8 Å². The monoisotopic (exact) mass is 359 g/mol. The number of nitrogens with one attached hydrogen (secondary N) is 2. The molecule has 6 nitrogen and oxygen atoms in total. The van der Waals surface area contributed by atoms with Crippen LogP contribution in [0.25, 0.3) is 0 Å². The van der Waals surface area contributed by atoms with Crippen molar-refractivity contribution >= 4 is 11.8 Å². The molecule has 3 rings (SSSR count). The van der Waals surface area contributed by atoms with Crippen LogP contribution in [0.2, 0.25) is 0 Å². The highest BCUT2D eigenvalue weighted by Gasteiger charge is 2.34. The maximum Gasteiger partial charge on any atom is 0.191 e. The molecule has 0 aromatic carbocycles. The number of aliphatic imine (C=N–C) groups is 1. The zero-order chi connectivity index (χ0) is 18.2. The lowest BCUT2D eigenvalue weighted by Crippen LogP contribution is -2.46. The fourth-order valence-electron chi connectivity index (χ4n) is 3.72. The Morgan fingerprint density at radius 3 is 2.73 bits per heavy atom.